The molecule has 0 amide bonds. The van der Waals surface area contributed by atoms with Gasteiger partial charge >= 0.3 is 0 Å². The van der Waals surface area contributed by atoms with Gasteiger partial charge in [-0.1, -0.05) is 78.9 Å². The van der Waals surface area contributed by atoms with Crippen LogP contribution in [-0.2, 0) is 0 Å². The molecular formula is C39H22N2OS. The Hall–Kier alpha value is -5.19. The third-order valence-corrected chi connectivity index (χ3v) is 10.8. The lowest BCUT2D eigenvalue weighted by atomic mass is 9.91. The quantitative estimate of drug-likeness (QED) is 0.195. The fraction of sp³-hybridized carbons (Fsp3) is 0.0513. The molecule has 0 fully saturated rings. The van der Waals surface area contributed by atoms with Crippen LogP contribution >= 0.6 is 11.3 Å². The molecule has 4 heteroatoms. The van der Waals surface area contributed by atoms with Gasteiger partial charge in [0.25, 0.3) is 0 Å². The van der Waals surface area contributed by atoms with Crippen molar-refractivity contribution in [3.05, 3.63) is 131 Å². The van der Waals surface area contributed by atoms with Crippen molar-refractivity contribution in [1.82, 2.24) is 4.57 Å². The van der Waals surface area contributed by atoms with Gasteiger partial charge < -0.3 is 8.98 Å². The lowest BCUT2D eigenvalue weighted by Crippen LogP contribution is -2.31. The van der Waals surface area contributed by atoms with E-state index in [1.54, 1.807) is 0 Å². The van der Waals surface area contributed by atoms with Crippen LogP contribution in [0.15, 0.2) is 125 Å². The summed E-state index contributed by atoms with van der Waals surface area (Å²) in [7, 11) is 0. The number of benzene rings is 6. The summed E-state index contributed by atoms with van der Waals surface area (Å²) in [5.41, 5.74) is 8.17. The van der Waals surface area contributed by atoms with E-state index in [1.807, 2.05) is 11.3 Å². The number of furan rings is 1. The molecular weight excluding hydrogens is 545 g/mol. The van der Waals surface area contributed by atoms with Crippen molar-refractivity contribution in [3.63, 3.8) is 0 Å². The molecule has 2 unspecified atom stereocenters. The van der Waals surface area contributed by atoms with Crippen LogP contribution in [-0.4, -0.2) is 4.57 Å². The minimum atomic E-state index is -0.0107. The Bertz CT molecular complexity index is 2810. The predicted molar refractivity (Wildman–Crippen MR) is 179 cm³/mol. The van der Waals surface area contributed by atoms with Gasteiger partial charge in [-0.25, -0.2) is 0 Å². The average molecular weight is 567 g/mol. The van der Waals surface area contributed by atoms with E-state index in [2.05, 4.69) is 126 Å². The Labute approximate surface area is 249 Å². The summed E-state index contributed by atoms with van der Waals surface area (Å²) in [5.74, 6) is 0.171. The minimum Gasteiger partial charge on any atom is -0.456 e. The molecule has 0 radical (unpaired) electrons. The summed E-state index contributed by atoms with van der Waals surface area (Å²) < 4.78 is 11.7. The summed E-state index contributed by atoms with van der Waals surface area (Å²) in [5, 5.41) is 9.83. The highest BCUT2D eigenvalue weighted by molar-refractivity contribution is 7.25. The monoisotopic (exact) mass is 566 g/mol. The summed E-state index contributed by atoms with van der Waals surface area (Å²) in [4.78, 5) is 5.34. The highest BCUT2D eigenvalue weighted by Crippen LogP contribution is 2.52. The first-order valence-corrected chi connectivity index (χ1v) is 15.6. The molecule has 3 aromatic heterocycles. The molecule has 0 N–H and O–H groups in total. The van der Waals surface area contributed by atoms with Gasteiger partial charge in [0.15, 0.2) is 0 Å². The molecule has 11 rings (SSSR count). The maximum atomic E-state index is 6.53. The maximum Gasteiger partial charge on any atom is 0.136 e. The summed E-state index contributed by atoms with van der Waals surface area (Å²) in [6.45, 7) is 0. The molecule has 3 nitrogen and oxygen atoms in total. The summed E-state index contributed by atoms with van der Waals surface area (Å²) in [6, 6.07) is 41.9. The van der Waals surface area contributed by atoms with Crippen molar-refractivity contribution < 1.29 is 4.42 Å². The lowest BCUT2D eigenvalue weighted by molar-refractivity contribution is 0.529. The van der Waals surface area contributed by atoms with Crippen molar-refractivity contribution in [2.45, 2.75) is 12.1 Å². The third-order valence-electron chi connectivity index (χ3n) is 9.66. The van der Waals surface area contributed by atoms with E-state index in [4.69, 9.17) is 9.41 Å². The molecule has 0 bridgehead atoms. The van der Waals surface area contributed by atoms with Crippen LogP contribution in [0.2, 0.25) is 0 Å². The van der Waals surface area contributed by atoms with E-state index in [9.17, 15) is 0 Å². The van der Waals surface area contributed by atoms with Gasteiger partial charge in [0, 0.05) is 47.6 Å². The summed E-state index contributed by atoms with van der Waals surface area (Å²) >= 11 is 1.87. The second-order valence-corrected chi connectivity index (χ2v) is 12.9. The van der Waals surface area contributed by atoms with Crippen LogP contribution in [0.1, 0.15) is 17.6 Å². The van der Waals surface area contributed by atoms with Crippen LogP contribution in [0.4, 0.5) is 0 Å². The molecule has 5 heterocycles. The molecule has 9 aromatic rings. The molecule has 43 heavy (non-hydrogen) atoms. The molecule has 2 aliphatic rings. The van der Waals surface area contributed by atoms with E-state index in [1.165, 1.54) is 74.7 Å². The Kier molecular flexibility index (Phi) is 4.06. The molecule has 200 valence electrons. The smallest absolute Gasteiger partial charge is 0.136 e. The SMILES string of the molecule is C1=c2ccccc2=NC2C1c1cc3oc4ccccc4c3c3c4cc(-c5ccc6c(c5)sc5ccccc56)ccc4n2c13. The lowest BCUT2D eigenvalue weighted by Gasteiger charge is -2.20. The second-order valence-electron chi connectivity index (χ2n) is 11.9. The van der Waals surface area contributed by atoms with Crippen molar-refractivity contribution >= 4 is 81.3 Å². The van der Waals surface area contributed by atoms with Gasteiger partial charge in [-0.05, 0) is 64.4 Å². The number of fused-ring (bicyclic) bond motifs is 14. The van der Waals surface area contributed by atoms with Gasteiger partial charge in [0.1, 0.15) is 17.3 Å². The molecule has 0 saturated heterocycles. The van der Waals surface area contributed by atoms with Crippen LogP contribution < -0.4 is 10.6 Å². The Morgan fingerprint density at radius 2 is 1.42 bits per heavy atom. The van der Waals surface area contributed by atoms with Crippen molar-refractivity contribution in [3.8, 4) is 11.1 Å². The van der Waals surface area contributed by atoms with Crippen molar-refractivity contribution in [2.24, 2.45) is 4.99 Å². The fourth-order valence-corrected chi connectivity index (χ4v) is 8.96. The molecule has 0 spiro atoms. The fourth-order valence-electron chi connectivity index (χ4n) is 7.82. The number of hydrogen-bond acceptors (Lipinski definition) is 3. The Morgan fingerprint density at radius 1 is 0.628 bits per heavy atom. The molecule has 6 aromatic carbocycles. The first kappa shape index (κ1) is 22.4. The molecule has 0 aliphatic carbocycles. The van der Waals surface area contributed by atoms with E-state index in [0.29, 0.717) is 0 Å². The van der Waals surface area contributed by atoms with E-state index in [-0.39, 0.29) is 12.1 Å². The normalized spacial score (nSPS) is 17.2. The highest BCUT2D eigenvalue weighted by atomic mass is 32.1. The largest absolute Gasteiger partial charge is 0.456 e. The highest BCUT2D eigenvalue weighted by Gasteiger charge is 2.37. The van der Waals surface area contributed by atoms with Gasteiger partial charge in [0.2, 0.25) is 0 Å². The third kappa shape index (κ3) is 2.82. The van der Waals surface area contributed by atoms with Crippen LogP contribution in [0.25, 0.3) is 81.1 Å². The summed E-state index contributed by atoms with van der Waals surface area (Å²) in [6.07, 6.45) is 2.40. The van der Waals surface area contributed by atoms with Crippen molar-refractivity contribution in [1.29, 1.82) is 0 Å². The number of thiophene rings is 1. The number of aromatic nitrogens is 1. The number of rotatable bonds is 1. The second kappa shape index (κ2) is 7.80. The Balaban J connectivity index is 1.25. The van der Waals surface area contributed by atoms with E-state index >= 15 is 0 Å². The van der Waals surface area contributed by atoms with E-state index < -0.39 is 0 Å². The van der Waals surface area contributed by atoms with Gasteiger partial charge in [-0.3, -0.25) is 4.99 Å². The van der Waals surface area contributed by atoms with Gasteiger partial charge in [-0.2, -0.15) is 0 Å². The zero-order chi connectivity index (χ0) is 27.8. The first-order chi connectivity index (χ1) is 21.3. The van der Waals surface area contributed by atoms with Crippen LogP contribution in [0.5, 0.6) is 0 Å². The zero-order valence-corrected chi connectivity index (χ0v) is 23.7. The Morgan fingerprint density at radius 3 is 2.40 bits per heavy atom. The predicted octanol–water partition coefficient (Wildman–Crippen LogP) is 9.44. The topological polar surface area (TPSA) is 30.4 Å². The number of nitrogens with zero attached hydrogens (tertiary/aromatic N) is 2. The van der Waals surface area contributed by atoms with Crippen LogP contribution in [0, 0.1) is 0 Å². The maximum absolute atomic E-state index is 6.53. The van der Waals surface area contributed by atoms with Gasteiger partial charge in [0.05, 0.1) is 16.4 Å². The standard InChI is InChI=1S/C39H22N2OS/c1-4-10-30-23(7-1)18-28-27-20-33-36(26-9-2-5-11-32(26)42-33)37-29-17-21(14-16-31(29)41(38(27)37)39(28)40-30)22-13-15-25-24-8-3-6-12-34(24)43-35(25)19-22/h1-20,28,39H. The zero-order valence-electron chi connectivity index (χ0n) is 22.9. The number of para-hydroxylation sites is 2. The number of hydrogen-bond donors (Lipinski definition) is 0. The minimum absolute atomic E-state index is 0.0107. The van der Waals surface area contributed by atoms with Crippen molar-refractivity contribution in [2.75, 3.05) is 0 Å². The molecule has 2 atom stereocenters. The molecule has 2 aliphatic heterocycles. The first-order valence-electron chi connectivity index (χ1n) is 14.8. The van der Waals surface area contributed by atoms with Crippen LogP contribution in [0.3, 0.4) is 0 Å². The average Bonchev–Trinajstić information content (AvgIpc) is 3.78. The van der Waals surface area contributed by atoms with E-state index in [0.717, 1.165) is 16.5 Å². The van der Waals surface area contributed by atoms with Gasteiger partial charge in [-0.15, -0.1) is 11.3 Å². The molecule has 0 saturated carbocycles.